The maximum atomic E-state index is 6.17. The number of aromatic nitrogens is 1. The molecule has 2 heteroatoms. The highest BCUT2D eigenvalue weighted by Gasteiger charge is 2.20. The Balaban J connectivity index is 2.65. The van der Waals surface area contributed by atoms with Crippen molar-refractivity contribution in [3.05, 3.63) is 47.3 Å². The van der Waals surface area contributed by atoms with Crippen LogP contribution in [0, 0.1) is 6.92 Å². The van der Waals surface area contributed by atoms with E-state index in [0.29, 0.717) is 0 Å². The number of aryl methyl sites for hydroxylation is 1. The van der Waals surface area contributed by atoms with Crippen molar-refractivity contribution < 1.29 is 0 Å². The molecule has 1 aromatic rings. The van der Waals surface area contributed by atoms with Crippen LogP contribution >= 0.6 is 0 Å². The Morgan fingerprint density at radius 1 is 1.29 bits per heavy atom. The minimum absolute atomic E-state index is 0.417. The monoisotopic (exact) mass is 181 g/mol. The van der Waals surface area contributed by atoms with Gasteiger partial charge in [-0.15, -0.1) is 0 Å². The lowest BCUT2D eigenvalue weighted by Crippen LogP contribution is -2.20. The molecule has 1 atom stereocenters. The molecule has 1 aliphatic rings. The minimum atomic E-state index is -0.417. The number of hydrogen-bond donors (Lipinski definition) is 0. The molecule has 1 aliphatic carbocycles. The molecule has 1 heterocycles. The Bertz CT molecular complexity index is 416. The predicted octanol–water partition coefficient (Wildman–Crippen LogP) is 2.36. The third kappa shape index (κ3) is 1.52. The zero-order chi connectivity index (χ0) is 10.2. The van der Waals surface area contributed by atoms with Crippen LogP contribution in [0.1, 0.15) is 23.9 Å². The van der Waals surface area contributed by atoms with Crippen LogP contribution < -0.4 is 0 Å². The van der Waals surface area contributed by atoms with E-state index in [1.807, 2.05) is 44.2 Å². The molecule has 0 fully saturated rings. The van der Waals surface area contributed by atoms with Gasteiger partial charge in [-0.25, -0.2) is 0 Å². The minimum Gasteiger partial charge on any atom is -0.253 e. The van der Waals surface area contributed by atoms with E-state index in [4.69, 9.17) is 7.85 Å². The standard InChI is InChI=1S/C12H12BN/c1-9-6-7-10-11(14-9)5-3-4-8-12(10,2)13/h3-8H,1-2H3. The van der Waals surface area contributed by atoms with Crippen LogP contribution in [-0.2, 0) is 5.31 Å². The molecule has 0 N–H and O–H groups in total. The fraction of sp³-hybridized carbons (Fsp3) is 0.250. The average molecular weight is 181 g/mol. The van der Waals surface area contributed by atoms with Crippen LogP contribution in [0.2, 0.25) is 0 Å². The molecule has 1 aromatic heterocycles. The Hall–Kier alpha value is -1.31. The van der Waals surface area contributed by atoms with E-state index < -0.39 is 5.31 Å². The molecule has 1 nitrogen and oxygen atoms in total. The molecule has 0 aromatic carbocycles. The van der Waals surface area contributed by atoms with Gasteiger partial charge in [-0.05, 0) is 29.9 Å². The van der Waals surface area contributed by atoms with Crippen molar-refractivity contribution in [2.75, 3.05) is 0 Å². The summed E-state index contributed by atoms with van der Waals surface area (Å²) in [5, 5.41) is -0.417. The van der Waals surface area contributed by atoms with E-state index in [9.17, 15) is 0 Å². The Morgan fingerprint density at radius 3 is 2.86 bits per heavy atom. The second kappa shape index (κ2) is 3.12. The molecule has 0 bridgehead atoms. The smallest absolute Gasteiger partial charge is 0.0864 e. The zero-order valence-electron chi connectivity index (χ0n) is 8.49. The second-order valence-electron chi connectivity index (χ2n) is 3.89. The van der Waals surface area contributed by atoms with E-state index in [0.717, 1.165) is 17.0 Å². The van der Waals surface area contributed by atoms with Gasteiger partial charge in [0.1, 0.15) is 0 Å². The van der Waals surface area contributed by atoms with Gasteiger partial charge in [-0.1, -0.05) is 31.2 Å². The third-order valence-electron chi connectivity index (χ3n) is 2.45. The van der Waals surface area contributed by atoms with Gasteiger partial charge in [-0.2, -0.15) is 0 Å². The Kier molecular flexibility index (Phi) is 2.07. The van der Waals surface area contributed by atoms with Gasteiger partial charge in [0.2, 0.25) is 0 Å². The molecule has 68 valence electrons. The van der Waals surface area contributed by atoms with Crippen molar-refractivity contribution in [2.45, 2.75) is 19.2 Å². The van der Waals surface area contributed by atoms with Crippen LogP contribution in [0.3, 0.4) is 0 Å². The summed E-state index contributed by atoms with van der Waals surface area (Å²) in [5.41, 5.74) is 3.07. The summed E-state index contributed by atoms with van der Waals surface area (Å²) in [6.45, 7) is 3.98. The number of fused-ring (bicyclic) bond motifs is 1. The normalized spacial score (nSPS) is 24.4. The van der Waals surface area contributed by atoms with E-state index in [2.05, 4.69) is 11.1 Å². The second-order valence-corrected chi connectivity index (χ2v) is 3.89. The van der Waals surface area contributed by atoms with Gasteiger partial charge in [0.25, 0.3) is 0 Å². The first-order valence-corrected chi connectivity index (χ1v) is 4.72. The van der Waals surface area contributed by atoms with Gasteiger partial charge in [0, 0.05) is 5.69 Å². The number of rotatable bonds is 0. The molecular weight excluding hydrogens is 169 g/mol. The van der Waals surface area contributed by atoms with Crippen LogP contribution in [0.25, 0.3) is 6.08 Å². The first kappa shape index (κ1) is 9.26. The van der Waals surface area contributed by atoms with Gasteiger partial charge >= 0.3 is 0 Å². The molecule has 14 heavy (non-hydrogen) atoms. The highest BCUT2D eigenvalue weighted by molar-refractivity contribution is 6.17. The fourth-order valence-corrected chi connectivity index (χ4v) is 1.65. The lowest BCUT2D eigenvalue weighted by molar-refractivity contribution is 0.847. The summed E-state index contributed by atoms with van der Waals surface area (Å²) in [6, 6.07) is 4.05. The van der Waals surface area contributed by atoms with Crippen molar-refractivity contribution in [2.24, 2.45) is 0 Å². The number of hydrogen-bond acceptors (Lipinski definition) is 1. The van der Waals surface area contributed by atoms with E-state index >= 15 is 0 Å². The van der Waals surface area contributed by atoms with Gasteiger partial charge in [0.05, 0.1) is 13.5 Å². The molecule has 0 saturated carbocycles. The van der Waals surface area contributed by atoms with Crippen LogP contribution in [0.4, 0.5) is 0 Å². The topological polar surface area (TPSA) is 12.9 Å². The average Bonchev–Trinajstić information content (AvgIpc) is 2.25. The van der Waals surface area contributed by atoms with E-state index in [1.165, 1.54) is 0 Å². The van der Waals surface area contributed by atoms with Gasteiger partial charge < -0.3 is 0 Å². The van der Waals surface area contributed by atoms with Crippen molar-refractivity contribution in [3.8, 4) is 0 Å². The summed E-state index contributed by atoms with van der Waals surface area (Å²) in [7, 11) is 6.17. The molecule has 0 saturated heterocycles. The summed E-state index contributed by atoms with van der Waals surface area (Å²) in [4.78, 5) is 4.46. The first-order chi connectivity index (χ1) is 6.59. The number of nitrogens with zero attached hydrogens (tertiary/aromatic N) is 1. The van der Waals surface area contributed by atoms with Crippen molar-refractivity contribution >= 4 is 13.9 Å². The third-order valence-corrected chi connectivity index (χ3v) is 2.45. The lowest BCUT2D eigenvalue weighted by Gasteiger charge is -2.22. The number of pyridine rings is 1. The maximum absolute atomic E-state index is 6.17. The van der Waals surface area contributed by atoms with Crippen molar-refractivity contribution in [1.29, 1.82) is 0 Å². The largest absolute Gasteiger partial charge is 0.253 e. The summed E-state index contributed by atoms with van der Waals surface area (Å²) in [6.07, 6.45) is 7.93. The highest BCUT2D eigenvalue weighted by Crippen LogP contribution is 2.27. The van der Waals surface area contributed by atoms with Crippen molar-refractivity contribution in [3.63, 3.8) is 0 Å². The van der Waals surface area contributed by atoms with E-state index in [-0.39, 0.29) is 0 Å². The SMILES string of the molecule is [B]C1(C)C=CC=Cc2nc(C)ccc21. The van der Waals surface area contributed by atoms with Gasteiger partial charge in [0.15, 0.2) is 0 Å². The molecule has 0 spiro atoms. The van der Waals surface area contributed by atoms with E-state index in [1.54, 1.807) is 0 Å². The summed E-state index contributed by atoms with van der Waals surface area (Å²) < 4.78 is 0. The molecule has 1 unspecified atom stereocenters. The zero-order valence-corrected chi connectivity index (χ0v) is 8.49. The lowest BCUT2D eigenvalue weighted by atomic mass is 9.65. The Labute approximate surface area is 86.0 Å². The summed E-state index contributed by atoms with van der Waals surface area (Å²) in [5.74, 6) is 0. The van der Waals surface area contributed by atoms with Gasteiger partial charge in [-0.3, -0.25) is 4.98 Å². The molecule has 0 amide bonds. The highest BCUT2D eigenvalue weighted by atomic mass is 14.7. The molecule has 2 rings (SSSR count). The van der Waals surface area contributed by atoms with Crippen LogP contribution in [0.15, 0.2) is 30.4 Å². The Morgan fingerprint density at radius 2 is 2.07 bits per heavy atom. The first-order valence-electron chi connectivity index (χ1n) is 4.72. The molecule has 2 radical (unpaired) electrons. The molecular formula is C12H12BN. The maximum Gasteiger partial charge on any atom is 0.0864 e. The predicted molar refractivity (Wildman–Crippen MR) is 60.3 cm³/mol. The van der Waals surface area contributed by atoms with Crippen LogP contribution in [-0.4, -0.2) is 12.8 Å². The number of allylic oxidation sites excluding steroid dienone is 3. The van der Waals surface area contributed by atoms with Crippen molar-refractivity contribution in [1.82, 2.24) is 4.98 Å². The van der Waals surface area contributed by atoms with Crippen LogP contribution in [0.5, 0.6) is 0 Å². The molecule has 0 aliphatic heterocycles. The quantitative estimate of drug-likeness (QED) is 0.560. The fourth-order valence-electron chi connectivity index (χ4n) is 1.65. The summed E-state index contributed by atoms with van der Waals surface area (Å²) >= 11 is 0.